The zero-order valence-corrected chi connectivity index (χ0v) is 21.1. The first kappa shape index (κ1) is 27.2. The van der Waals surface area contributed by atoms with E-state index < -0.39 is 61.7 Å². The van der Waals surface area contributed by atoms with Gasteiger partial charge in [0.15, 0.2) is 11.9 Å². The number of para-hydroxylation sites is 1. The number of aliphatic hydroxyl groups is 1. The number of esters is 1. The highest BCUT2D eigenvalue weighted by Gasteiger charge is 2.56. The minimum absolute atomic E-state index is 0.166. The van der Waals surface area contributed by atoms with Crippen LogP contribution in [0.3, 0.4) is 0 Å². The number of alkyl halides is 1. The summed E-state index contributed by atoms with van der Waals surface area (Å²) in [6.45, 7) is 1.83. The number of aromatic amines is 1. The molecule has 202 valence electrons. The quantitative estimate of drug-likeness (QED) is 0.299. The lowest BCUT2D eigenvalue weighted by atomic mass is 9.96. The fraction of sp³-hybridized carbons (Fsp3) is 0.522. The molecule has 6 atom stereocenters. The number of benzene rings is 1. The van der Waals surface area contributed by atoms with Crippen LogP contribution in [-0.4, -0.2) is 57.3 Å². The second-order valence-corrected chi connectivity index (χ2v) is 10.9. The van der Waals surface area contributed by atoms with Crippen LogP contribution in [0.5, 0.6) is 5.75 Å². The van der Waals surface area contributed by atoms with Gasteiger partial charge in [-0.15, -0.1) is 0 Å². The number of rotatable bonds is 10. The molecule has 1 aliphatic heterocycles. The molecule has 0 spiro atoms. The number of halogens is 1. The molecule has 2 fully saturated rings. The Labute approximate surface area is 211 Å². The molecule has 1 saturated heterocycles. The Hall–Kier alpha value is -2.83. The molecule has 37 heavy (non-hydrogen) atoms. The summed E-state index contributed by atoms with van der Waals surface area (Å²) >= 11 is 0. The molecule has 14 heteroatoms. The summed E-state index contributed by atoms with van der Waals surface area (Å²) in [4.78, 5) is 38.0. The number of nitrogens with zero attached hydrogens (tertiary/aromatic N) is 1. The van der Waals surface area contributed by atoms with Crippen LogP contribution >= 0.6 is 7.75 Å². The average Bonchev–Trinajstić information content (AvgIpc) is 3.04. The summed E-state index contributed by atoms with van der Waals surface area (Å²) in [5, 5.41) is 13.1. The molecule has 1 aromatic heterocycles. The van der Waals surface area contributed by atoms with Gasteiger partial charge in [-0.3, -0.25) is 23.7 Å². The Kier molecular flexibility index (Phi) is 8.00. The molecular formula is C23H29FN3O9P. The van der Waals surface area contributed by atoms with E-state index in [1.165, 1.54) is 19.1 Å². The minimum atomic E-state index is -4.29. The van der Waals surface area contributed by atoms with E-state index in [-0.39, 0.29) is 11.9 Å². The Morgan fingerprint density at radius 3 is 2.65 bits per heavy atom. The third-order valence-electron chi connectivity index (χ3n) is 6.24. The SMILES string of the molecule is C[C@H](N[P@@](=O)(OC[C@H]1O[C@@H](n2ccc(=O)[nH]c2=O)[C@](C)(F)[C@@H]1O)Oc1ccccc1)C(=O)OC1CCC1. The highest BCUT2D eigenvalue weighted by molar-refractivity contribution is 7.52. The minimum Gasteiger partial charge on any atom is -0.461 e. The molecule has 0 amide bonds. The number of hydrogen-bond donors (Lipinski definition) is 3. The second-order valence-electron chi connectivity index (χ2n) is 9.18. The van der Waals surface area contributed by atoms with Crippen molar-refractivity contribution in [2.24, 2.45) is 0 Å². The summed E-state index contributed by atoms with van der Waals surface area (Å²) < 4.78 is 51.9. The predicted octanol–water partition coefficient (Wildman–Crippen LogP) is 1.80. The maximum absolute atomic E-state index is 15.5. The van der Waals surface area contributed by atoms with Crippen LogP contribution in [0.2, 0.25) is 0 Å². The van der Waals surface area contributed by atoms with Crippen LogP contribution in [0.1, 0.15) is 39.3 Å². The molecule has 2 heterocycles. The first-order valence-electron chi connectivity index (χ1n) is 11.8. The summed E-state index contributed by atoms with van der Waals surface area (Å²) in [5.74, 6) is -0.477. The molecule has 1 aliphatic carbocycles. The molecule has 4 rings (SSSR count). The molecular weight excluding hydrogens is 512 g/mol. The highest BCUT2D eigenvalue weighted by atomic mass is 31.2. The van der Waals surface area contributed by atoms with Crippen molar-refractivity contribution in [3.63, 3.8) is 0 Å². The maximum atomic E-state index is 15.5. The van der Waals surface area contributed by atoms with Gasteiger partial charge in [-0.05, 0) is 45.2 Å². The Morgan fingerprint density at radius 1 is 1.32 bits per heavy atom. The van der Waals surface area contributed by atoms with Crippen LogP contribution in [0.25, 0.3) is 0 Å². The molecule has 2 aliphatic rings. The van der Waals surface area contributed by atoms with Gasteiger partial charge in [0.2, 0.25) is 0 Å². The van der Waals surface area contributed by atoms with Crippen molar-refractivity contribution in [1.29, 1.82) is 0 Å². The van der Waals surface area contributed by atoms with Crippen LogP contribution in [0, 0.1) is 0 Å². The molecule has 1 aromatic carbocycles. The van der Waals surface area contributed by atoms with Gasteiger partial charge in [-0.2, -0.15) is 5.09 Å². The van der Waals surface area contributed by atoms with Crippen molar-refractivity contribution >= 4 is 13.7 Å². The molecule has 2 aromatic rings. The summed E-state index contributed by atoms with van der Waals surface area (Å²) in [5.41, 5.74) is -4.10. The van der Waals surface area contributed by atoms with E-state index in [1.54, 1.807) is 18.2 Å². The monoisotopic (exact) mass is 541 g/mol. The summed E-state index contributed by atoms with van der Waals surface area (Å²) in [6, 6.07) is 7.96. The van der Waals surface area contributed by atoms with E-state index in [9.17, 15) is 24.1 Å². The van der Waals surface area contributed by atoms with Crippen molar-refractivity contribution in [3.8, 4) is 5.75 Å². The van der Waals surface area contributed by atoms with Gasteiger partial charge < -0.3 is 19.1 Å². The number of nitrogens with one attached hydrogen (secondary N) is 2. The number of carbonyl (C=O) groups is 1. The molecule has 12 nitrogen and oxygen atoms in total. The van der Waals surface area contributed by atoms with Gasteiger partial charge in [0.25, 0.3) is 5.56 Å². The largest absolute Gasteiger partial charge is 0.461 e. The Bertz CT molecular complexity index is 1260. The maximum Gasteiger partial charge on any atom is 0.459 e. The van der Waals surface area contributed by atoms with Gasteiger partial charge >= 0.3 is 19.4 Å². The van der Waals surface area contributed by atoms with Gasteiger partial charge in [0.1, 0.15) is 30.1 Å². The first-order valence-corrected chi connectivity index (χ1v) is 13.3. The number of hydrogen-bond acceptors (Lipinski definition) is 9. The van der Waals surface area contributed by atoms with E-state index >= 15 is 4.39 Å². The first-order chi connectivity index (χ1) is 17.5. The fourth-order valence-corrected chi connectivity index (χ4v) is 5.39. The van der Waals surface area contributed by atoms with E-state index in [1.807, 2.05) is 4.98 Å². The molecule has 1 saturated carbocycles. The van der Waals surface area contributed by atoms with Gasteiger partial charge in [-0.25, -0.2) is 13.8 Å². The lowest BCUT2D eigenvalue weighted by molar-refractivity contribution is -0.154. The normalized spacial score (nSPS) is 28.2. The molecule has 0 radical (unpaired) electrons. The standard InChI is InChI=1S/C23H29FN3O9P/c1-14(20(30)34-15-9-6-10-15)26-37(32,36-16-7-4-3-5-8-16)33-13-17-19(29)23(2,24)21(35-17)27-12-11-18(28)25-22(27)31/h3-5,7-8,11-12,14-15,17,19,21,29H,6,9-10,13H2,1-2H3,(H,26,32)(H,25,28,31)/t14-,17+,19+,21+,23+,37+/m0/s1. The predicted molar refractivity (Wildman–Crippen MR) is 128 cm³/mol. The van der Waals surface area contributed by atoms with E-state index in [0.717, 1.165) is 43.0 Å². The van der Waals surface area contributed by atoms with Crippen LogP contribution in [0.4, 0.5) is 4.39 Å². The van der Waals surface area contributed by atoms with Crippen LogP contribution < -0.4 is 20.9 Å². The third-order valence-corrected chi connectivity index (χ3v) is 7.88. The number of ether oxygens (including phenoxy) is 2. The zero-order chi connectivity index (χ0) is 26.8. The van der Waals surface area contributed by atoms with Gasteiger partial charge in [0, 0.05) is 12.3 Å². The number of H-pyrrole nitrogens is 1. The van der Waals surface area contributed by atoms with Crippen LogP contribution in [-0.2, 0) is 23.4 Å². The van der Waals surface area contributed by atoms with Gasteiger partial charge in [-0.1, -0.05) is 18.2 Å². The van der Waals surface area contributed by atoms with Crippen LogP contribution in [0.15, 0.2) is 52.2 Å². The average molecular weight is 541 g/mol. The lowest BCUT2D eigenvalue weighted by Crippen LogP contribution is -2.44. The van der Waals surface area contributed by atoms with Crippen molar-refractivity contribution in [3.05, 3.63) is 63.4 Å². The number of aliphatic hydroxyl groups excluding tert-OH is 1. The fourth-order valence-electron chi connectivity index (χ4n) is 3.89. The summed E-state index contributed by atoms with van der Waals surface area (Å²) in [7, 11) is -4.29. The molecule has 0 unspecified atom stereocenters. The van der Waals surface area contributed by atoms with E-state index in [4.69, 9.17) is 18.5 Å². The van der Waals surface area contributed by atoms with Crippen molar-refractivity contribution in [2.75, 3.05) is 6.61 Å². The number of aromatic nitrogens is 2. The smallest absolute Gasteiger partial charge is 0.459 e. The molecule has 3 N–H and O–H groups in total. The van der Waals surface area contributed by atoms with E-state index in [0.29, 0.717) is 0 Å². The Balaban J connectivity index is 1.49. The topological polar surface area (TPSA) is 158 Å². The third kappa shape index (κ3) is 6.19. The Morgan fingerprint density at radius 2 is 2.03 bits per heavy atom. The van der Waals surface area contributed by atoms with E-state index in [2.05, 4.69) is 5.09 Å². The van der Waals surface area contributed by atoms with Gasteiger partial charge in [0.05, 0.1) is 6.61 Å². The zero-order valence-electron chi connectivity index (χ0n) is 20.2. The van der Waals surface area contributed by atoms with Crippen molar-refractivity contribution in [2.45, 2.75) is 69.4 Å². The van der Waals surface area contributed by atoms with Crippen molar-refractivity contribution < 1.29 is 37.4 Å². The summed E-state index contributed by atoms with van der Waals surface area (Å²) in [6.07, 6.45) is -1.48. The number of carbonyl (C=O) groups excluding carboxylic acids is 1. The second kappa shape index (κ2) is 10.9. The lowest BCUT2D eigenvalue weighted by Gasteiger charge is -2.28. The highest BCUT2D eigenvalue weighted by Crippen LogP contribution is 2.47. The molecule has 0 bridgehead atoms. The van der Waals surface area contributed by atoms with Crippen molar-refractivity contribution in [1.82, 2.24) is 14.6 Å².